The van der Waals surface area contributed by atoms with Crippen molar-refractivity contribution in [3.8, 4) is 0 Å². The summed E-state index contributed by atoms with van der Waals surface area (Å²) in [5.41, 5.74) is 0. The predicted molar refractivity (Wildman–Crippen MR) is 96.4 cm³/mol. The zero-order valence-electron chi connectivity index (χ0n) is 16.0. The van der Waals surface area contributed by atoms with Crippen molar-refractivity contribution in [1.82, 2.24) is 9.80 Å². The standard InChI is InChI=1S/C14H28N2O2.2C2H6/c1-3-4-8-16(14(2)17)9-6-5-7-15-10-12-18-13-11-15;2*1-2/h3-13H2,1-2H3;2*1-2H3. The normalized spacial score (nSPS) is 14.3. The van der Waals surface area contributed by atoms with Crippen molar-refractivity contribution in [2.75, 3.05) is 45.9 Å². The van der Waals surface area contributed by atoms with Gasteiger partial charge in [0.05, 0.1) is 13.2 Å². The number of amides is 1. The summed E-state index contributed by atoms with van der Waals surface area (Å²) >= 11 is 0. The molecule has 0 unspecified atom stereocenters. The third-order valence-electron chi connectivity index (χ3n) is 3.48. The molecule has 1 heterocycles. The molecule has 4 heteroatoms. The first-order valence-electron chi connectivity index (χ1n) is 9.29. The third-order valence-corrected chi connectivity index (χ3v) is 3.48. The van der Waals surface area contributed by atoms with E-state index in [2.05, 4.69) is 11.8 Å². The summed E-state index contributed by atoms with van der Waals surface area (Å²) in [6, 6.07) is 0. The van der Waals surface area contributed by atoms with Crippen molar-refractivity contribution in [1.29, 1.82) is 0 Å². The topological polar surface area (TPSA) is 32.8 Å². The van der Waals surface area contributed by atoms with E-state index in [1.54, 1.807) is 6.92 Å². The largest absolute Gasteiger partial charge is 0.379 e. The highest BCUT2D eigenvalue weighted by atomic mass is 16.5. The van der Waals surface area contributed by atoms with Gasteiger partial charge in [0.2, 0.25) is 5.91 Å². The lowest BCUT2D eigenvalue weighted by Crippen LogP contribution is -2.37. The van der Waals surface area contributed by atoms with Gasteiger partial charge in [0.15, 0.2) is 0 Å². The van der Waals surface area contributed by atoms with Crippen LogP contribution in [0.25, 0.3) is 0 Å². The van der Waals surface area contributed by atoms with Crippen LogP contribution in [-0.4, -0.2) is 61.6 Å². The van der Waals surface area contributed by atoms with Crippen LogP contribution >= 0.6 is 0 Å². The summed E-state index contributed by atoms with van der Waals surface area (Å²) in [4.78, 5) is 15.9. The number of ether oxygens (including phenoxy) is 1. The molecular weight excluding hydrogens is 276 g/mol. The van der Waals surface area contributed by atoms with Gasteiger partial charge in [0.1, 0.15) is 0 Å². The lowest BCUT2D eigenvalue weighted by atomic mass is 10.2. The van der Waals surface area contributed by atoms with E-state index < -0.39 is 0 Å². The van der Waals surface area contributed by atoms with Gasteiger partial charge in [0, 0.05) is 33.1 Å². The lowest BCUT2D eigenvalue weighted by Gasteiger charge is -2.27. The number of hydrogen-bond acceptors (Lipinski definition) is 3. The van der Waals surface area contributed by atoms with Crippen LogP contribution in [0.4, 0.5) is 0 Å². The second kappa shape index (κ2) is 18.4. The maximum absolute atomic E-state index is 11.4. The Morgan fingerprint density at radius 1 is 1.00 bits per heavy atom. The second-order valence-electron chi connectivity index (χ2n) is 5.02. The van der Waals surface area contributed by atoms with Gasteiger partial charge in [-0.05, 0) is 25.8 Å². The molecule has 0 aromatic rings. The van der Waals surface area contributed by atoms with Gasteiger partial charge < -0.3 is 9.64 Å². The fraction of sp³-hybridized carbons (Fsp3) is 0.944. The van der Waals surface area contributed by atoms with Crippen molar-refractivity contribution >= 4 is 5.91 Å². The lowest BCUT2D eigenvalue weighted by molar-refractivity contribution is -0.129. The molecule has 0 radical (unpaired) electrons. The zero-order valence-corrected chi connectivity index (χ0v) is 16.0. The van der Waals surface area contributed by atoms with Crippen LogP contribution in [0.15, 0.2) is 0 Å². The summed E-state index contributed by atoms with van der Waals surface area (Å²) in [7, 11) is 0. The average Bonchev–Trinajstić information content (AvgIpc) is 2.58. The van der Waals surface area contributed by atoms with Gasteiger partial charge in [-0.2, -0.15) is 0 Å². The Morgan fingerprint density at radius 3 is 2.05 bits per heavy atom. The molecule has 4 nitrogen and oxygen atoms in total. The number of carbonyl (C=O) groups is 1. The van der Waals surface area contributed by atoms with E-state index in [-0.39, 0.29) is 5.91 Å². The van der Waals surface area contributed by atoms with Crippen molar-refractivity contribution in [2.24, 2.45) is 0 Å². The first-order valence-corrected chi connectivity index (χ1v) is 9.29. The Labute approximate surface area is 139 Å². The van der Waals surface area contributed by atoms with Gasteiger partial charge >= 0.3 is 0 Å². The van der Waals surface area contributed by atoms with E-state index in [0.29, 0.717) is 0 Å². The minimum atomic E-state index is 0.217. The van der Waals surface area contributed by atoms with Crippen LogP contribution in [0.3, 0.4) is 0 Å². The van der Waals surface area contributed by atoms with Crippen molar-refractivity contribution in [2.45, 2.75) is 67.2 Å². The minimum absolute atomic E-state index is 0.217. The first-order chi connectivity index (χ1) is 10.7. The monoisotopic (exact) mass is 316 g/mol. The number of morpholine rings is 1. The highest BCUT2D eigenvalue weighted by Gasteiger charge is 2.10. The number of nitrogens with zero attached hydrogens (tertiary/aromatic N) is 2. The second-order valence-corrected chi connectivity index (χ2v) is 5.02. The van der Waals surface area contributed by atoms with Crippen LogP contribution in [0.2, 0.25) is 0 Å². The maximum atomic E-state index is 11.4. The number of hydrogen-bond donors (Lipinski definition) is 0. The number of carbonyl (C=O) groups excluding carboxylic acids is 1. The van der Waals surface area contributed by atoms with Crippen molar-refractivity contribution in [3.05, 3.63) is 0 Å². The maximum Gasteiger partial charge on any atom is 0.219 e. The van der Waals surface area contributed by atoms with Crippen LogP contribution < -0.4 is 0 Å². The van der Waals surface area contributed by atoms with E-state index in [4.69, 9.17) is 4.74 Å². The SMILES string of the molecule is CC.CC.CCCCN(CCCCN1CCOCC1)C(C)=O. The van der Waals surface area contributed by atoms with Crippen LogP contribution in [0.1, 0.15) is 67.2 Å². The Hall–Kier alpha value is -0.610. The third kappa shape index (κ3) is 13.1. The molecule has 0 atom stereocenters. The summed E-state index contributed by atoms with van der Waals surface area (Å²) < 4.78 is 5.33. The Bertz CT molecular complexity index is 229. The quantitative estimate of drug-likeness (QED) is 0.639. The van der Waals surface area contributed by atoms with Gasteiger partial charge in [-0.15, -0.1) is 0 Å². The fourth-order valence-corrected chi connectivity index (χ4v) is 2.24. The predicted octanol–water partition coefficient (Wildman–Crippen LogP) is 3.80. The highest BCUT2D eigenvalue weighted by Crippen LogP contribution is 2.03. The van der Waals surface area contributed by atoms with Crippen LogP contribution in [0.5, 0.6) is 0 Å². The van der Waals surface area contributed by atoms with E-state index in [1.165, 1.54) is 6.42 Å². The molecule has 1 rings (SSSR count). The fourth-order valence-electron chi connectivity index (χ4n) is 2.24. The van der Waals surface area contributed by atoms with Gasteiger partial charge in [-0.1, -0.05) is 41.0 Å². The molecule has 0 aliphatic carbocycles. The summed E-state index contributed by atoms with van der Waals surface area (Å²) in [6.07, 6.45) is 4.55. The molecule has 1 fully saturated rings. The van der Waals surface area contributed by atoms with Gasteiger partial charge in [-0.25, -0.2) is 0 Å². The number of rotatable bonds is 8. The molecule has 134 valence electrons. The Balaban J connectivity index is 0. The Morgan fingerprint density at radius 2 is 1.55 bits per heavy atom. The van der Waals surface area contributed by atoms with Crippen molar-refractivity contribution < 1.29 is 9.53 Å². The van der Waals surface area contributed by atoms with Crippen molar-refractivity contribution in [3.63, 3.8) is 0 Å². The molecule has 0 spiro atoms. The van der Waals surface area contributed by atoms with Gasteiger partial charge in [-0.3, -0.25) is 9.69 Å². The zero-order chi connectivity index (χ0) is 17.2. The molecule has 1 amide bonds. The first kappa shape index (κ1) is 23.7. The van der Waals surface area contributed by atoms with E-state index >= 15 is 0 Å². The van der Waals surface area contributed by atoms with Gasteiger partial charge in [0.25, 0.3) is 0 Å². The molecule has 0 saturated carbocycles. The average molecular weight is 317 g/mol. The molecule has 0 bridgehead atoms. The molecule has 0 aromatic carbocycles. The van der Waals surface area contributed by atoms with E-state index in [0.717, 1.165) is 65.2 Å². The molecular formula is C18H40N2O2. The molecule has 1 aliphatic heterocycles. The summed E-state index contributed by atoms with van der Waals surface area (Å²) in [5, 5.41) is 0. The minimum Gasteiger partial charge on any atom is -0.379 e. The van der Waals surface area contributed by atoms with Crippen LogP contribution in [0, 0.1) is 0 Å². The summed E-state index contributed by atoms with van der Waals surface area (Å²) in [5.74, 6) is 0.217. The van der Waals surface area contributed by atoms with E-state index in [1.807, 2.05) is 32.6 Å². The number of unbranched alkanes of at least 4 members (excludes halogenated alkanes) is 2. The molecule has 1 saturated heterocycles. The smallest absolute Gasteiger partial charge is 0.219 e. The summed E-state index contributed by atoms with van der Waals surface area (Å²) in [6.45, 7) is 18.7. The molecule has 0 N–H and O–H groups in total. The molecule has 0 aromatic heterocycles. The molecule has 1 aliphatic rings. The van der Waals surface area contributed by atoms with E-state index in [9.17, 15) is 4.79 Å². The highest BCUT2D eigenvalue weighted by molar-refractivity contribution is 5.73. The Kier molecular flexibility index (Phi) is 19.8. The molecule has 22 heavy (non-hydrogen) atoms. The van der Waals surface area contributed by atoms with Crippen LogP contribution in [-0.2, 0) is 9.53 Å².